The summed E-state index contributed by atoms with van der Waals surface area (Å²) < 4.78 is 0. The highest BCUT2D eigenvalue weighted by Gasteiger charge is 2.21. The number of carboxylic acid groups (broad SMARTS) is 1. The van der Waals surface area contributed by atoms with Crippen LogP contribution in [-0.4, -0.2) is 22.6 Å². The molecule has 3 rings (SSSR count). The van der Waals surface area contributed by atoms with Crippen LogP contribution < -0.4 is 4.90 Å². The van der Waals surface area contributed by atoms with Crippen LogP contribution in [-0.2, 0) is 19.4 Å². The Labute approximate surface area is 124 Å². The zero-order valence-corrected chi connectivity index (χ0v) is 12.0. The van der Waals surface area contributed by atoms with Crippen LogP contribution in [0.2, 0.25) is 0 Å². The molecule has 0 aliphatic carbocycles. The number of hydrogen-bond acceptors (Lipinski definition) is 3. The molecule has 1 N–H and O–H groups in total. The average Bonchev–Trinajstić information content (AvgIpc) is 2.53. The quantitative estimate of drug-likeness (QED) is 0.940. The van der Waals surface area contributed by atoms with Gasteiger partial charge in [0.25, 0.3) is 0 Å². The second kappa shape index (κ2) is 5.56. The predicted octanol–water partition coefficient (Wildman–Crippen LogP) is 2.90. The number of carbonyl (C=O) groups is 1. The monoisotopic (exact) mass is 282 g/mol. The summed E-state index contributed by atoms with van der Waals surface area (Å²) in [5.41, 5.74) is 4.27. The van der Waals surface area contributed by atoms with Crippen LogP contribution >= 0.6 is 0 Å². The zero-order valence-electron chi connectivity index (χ0n) is 12.0. The summed E-state index contributed by atoms with van der Waals surface area (Å²) in [4.78, 5) is 18.2. The Morgan fingerprint density at radius 1 is 1.33 bits per heavy atom. The van der Waals surface area contributed by atoms with Crippen molar-refractivity contribution in [2.45, 2.75) is 26.3 Å². The lowest BCUT2D eigenvalue weighted by molar-refractivity contribution is 0.0695. The number of aryl methyl sites for hydroxylation is 1. The smallest absolute Gasteiger partial charge is 0.337 e. The number of fused-ring (bicyclic) bond motifs is 1. The van der Waals surface area contributed by atoms with Crippen LogP contribution in [0.5, 0.6) is 0 Å². The van der Waals surface area contributed by atoms with E-state index in [1.807, 2.05) is 25.1 Å². The van der Waals surface area contributed by atoms with Gasteiger partial charge in [-0.05, 0) is 30.2 Å². The summed E-state index contributed by atoms with van der Waals surface area (Å²) in [6.07, 6.45) is 1.51. The minimum atomic E-state index is -0.890. The average molecular weight is 282 g/mol. The van der Waals surface area contributed by atoms with E-state index in [0.717, 1.165) is 30.8 Å². The van der Waals surface area contributed by atoms with Crippen LogP contribution in [0.3, 0.4) is 0 Å². The van der Waals surface area contributed by atoms with Gasteiger partial charge in [0, 0.05) is 30.9 Å². The molecule has 108 valence electrons. The number of pyridine rings is 1. The van der Waals surface area contributed by atoms with Crippen molar-refractivity contribution >= 4 is 11.7 Å². The maximum atomic E-state index is 11.4. The molecular weight excluding hydrogens is 264 g/mol. The Balaban J connectivity index is 1.95. The summed E-state index contributed by atoms with van der Waals surface area (Å²) in [6.45, 7) is 3.58. The predicted molar refractivity (Wildman–Crippen MR) is 81.8 cm³/mol. The molecule has 4 heteroatoms. The highest BCUT2D eigenvalue weighted by atomic mass is 16.4. The van der Waals surface area contributed by atoms with Crippen LogP contribution in [0, 0.1) is 0 Å². The van der Waals surface area contributed by atoms with E-state index < -0.39 is 5.97 Å². The van der Waals surface area contributed by atoms with E-state index in [1.165, 1.54) is 5.69 Å². The highest BCUT2D eigenvalue weighted by Crippen LogP contribution is 2.25. The molecule has 0 saturated heterocycles. The van der Waals surface area contributed by atoms with Crippen molar-refractivity contribution in [1.82, 2.24) is 4.98 Å². The van der Waals surface area contributed by atoms with Gasteiger partial charge >= 0.3 is 5.97 Å². The van der Waals surface area contributed by atoms with Crippen LogP contribution in [0.15, 0.2) is 36.4 Å². The molecule has 0 spiro atoms. The third-order valence-corrected chi connectivity index (χ3v) is 3.94. The molecule has 1 aliphatic rings. The topological polar surface area (TPSA) is 53.4 Å². The fourth-order valence-electron chi connectivity index (χ4n) is 2.83. The molecule has 2 heterocycles. The highest BCUT2D eigenvalue weighted by molar-refractivity contribution is 5.89. The Kier molecular flexibility index (Phi) is 3.60. The van der Waals surface area contributed by atoms with Gasteiger partial charge in [0.05, 0.1) is 11.3 Å². The first-order valence-electron chi connectivity index (χ1n) is 7.24. The summed E-state index contributed by atoms with van der Waals surface area (Å²) in [5.74, 6) is -0.890. The molecule has 0 fully saturated rings. The van der Waals surface area contributed by atoms with Crippen molar-refractivity contribution in [3.63, 3.8) is 0 Å². The number of aromatic nitrogens is 1. The third kappa shape index (κ3) is 2.61. The van der Waals surface area contributed by atoms with Crippen molar-refractivity contribution in [3.8, 4) is 0 Å². The fraction of sp³-hybridized carbons (Fsp3) is 0.294. The minimum Gasteiger partial charge on any atom is -0.478 e. The molecule has 0 radical (unpaired) electrons. The standard InChI is InChI=1S/C17H18N2O2/c1-2-15-14(17(20)21)10-12-11-19(9-8-16(12)18-15)13-6-4-3-5-7-13/h3-7,10H,2,8-9,11H2,1H3,(H,20,21). The molecule has 0 unspecified atom stereocenters. The van der Waals surface area contributed by atoms with Crippen molar-refractivity contribution in [2.24, 2.45) is 0 Å². The molecule has 1 aliphatic heterocycles. The van der Waals surface area contributed by atoms with E-state index in [1.54, 1.807) is 6.07 Å². The first-order chi connectivity index (χ1) is 10.2. The number of para-hydroxylation sites is 1. The van der Waals surface area contributed by atoms with Crippen molar-refractivity contribution < 1.29 is 9.90 Å². The van der Waals surface area contributed by atoms with Crippen molar-refractivity contribution in [1.29, 1.82) is 0 Å². The maximum absolute atomic E-state index is 11.4. The van der Waals surface area contributed by atoms with Gasteiger partial charge in [-0.15, -0.1) is 0 Å². The molecular formula is C17H18N2O2. The molecule has 1 aromatic heterocycles. The van der Waals surface area contributed by atoms with E-state index >= 15 is 0 Å². The number of benzene rings is 1. The number of carboxylic acids is 1. The Hall–Kier alpha value is -2.36. The number of rotatable bonds is 3. The van der Waals surface area contributed by atoms with Gasteiger partial charge in [0.2, 0.25) is 0 Å². The molecule has 0 amide bonds. The maximum Gasteiger partial charge on any atom is 0.337 e. The number of hydrogen-bond donors (Lipinski definition) is 1. The van der Waals surface area contributed by atoms with E-state index in [4.69, 9.17) is 0 Å². The van der Waals surface area contributed by atoms with Crippen molar-refractivity contribution in [3.05, 3.63) is 58.9 Å². The normalized spacial score (nSPS) is 13.9. The molecule has 4 nitrogen and oxygen atoms in total. The lowest BCUT2D eigenvalue weighted by atomic mass is 10.00. The molecule has 1 aromatic carbocycles. The summed E-state index contributed by atoms with van der Waals surface area (Å²) in [5, 5.41) is 9.33. The first kappa shape index (κ1) is 13.6. The van der Waals surface area contributed by atoms with Gasteiger partial charge in [-0.25, -0.2) is 4.79 Å². The summed E-state index contributed by atoms with van der Waals surface area (Å²) in [6, 6.07) is 12.0. The van der Waals surface area contributed by atoms with Gasteiger partial charge in [-0.2, -0.15) is 0 Å². The SMILES string of the molecule is CCc1nc2c(cc1C(=O)O)CN(c1ccccc1)CC2. The van der Waals surface area contributed by atoms with E-state index in [-0.39, 0.29) is 0 Å². The van der Waals surface area contributed by atoms with Gasteiger partial charge in [-0.3, -0.25) is 4.98 Å². The summed E-state index contributed by atoms with van der Waals surface area (Å²) >= 11 is 0. The molecule has 0 saturated carbocycles. The van der Waals surface area contributed by atoms with Gasteiger partial charge in [0.15, 0.2) is 0 Å². The lowest BCUT2D eigenvalue weighted by Crippen LogP contribution is -2.31. The van der Waals surface area contributed by atoms with E-state index in [0.29, 0.717) is 17.7 Å². The molecule has 2 aromatic rings. The second-order valence-electron chi connectivity index (χ2n) is 5.25. The molecule has 21 heavy (non-hydrogen) atoms. The minimum absolute atomic E-state index is 0.339. The van der Waals surface area contributed by atoms with Gasteiger partial charge in [0.1, 0.15) is 0 Å². The van der Waals surface area contributed by atoms with Gasteiger partial charge in [-0.1, -0.05) is 25.1 Å². The Bertz CT molecular complexity index is 668. The second-order valence-corrected chi connectivity index (χ2v) is 5.25. The van der Waals surface area contributed by atoms with Crippen molar-refractivity contribution in [2.75, 3.05) is 11.4 Å². The van der Waals surface area contributed by atoms with Crippen LogP contribution in [0.25, 0.3) is 0 Å². The third-order valence-electron chi connectivity index (χ3n) is 3.94. The molecule has 0 bridgehead atoms. The largest absolute Gasteiger partial charge is 0.478 e. The summed E-state index contributed by atoms with van der Waals surface area (Å²) in [7, 11) is 0. The van der Waals surface area contributed by atoms with Gasteiger partial charge < -0.3 is 10.0 Å². The Morgan fingerprint density at radius 3 is 2.76 bits per heavy atom. The number of anilines is 1. The zero-order chi connectivity index (χ0) is 14.8. The number of nitrogens with zero attached hydrogens (tertiary/aromatic N) is 2. The van der Waals surface area contributed by atoms with Crippen LogP contribution in [0.4, 0.5) is 5.69 Å². The Morgan fingerprint density at radius 2 is 2.10 bits per heavy atom. The fourth-order valence-corrected chi connectivity index (χ4v) is 2.83. The number of aromatic carboxylic acids is 1. The lowest BCUT2D eigenvalue weighted by Gasteiger charge is -2.30. The molecule has 0 atom stereocenters. The first-order valence-corrected chi connectivity index (χ1v) is 7.24. The van der Waals surface area contributed by atoms with E-state index in [2.05, 4.69) is 22.0 Å². The van der Waals surface area contributed by atoms with E-state index in [9.17, 15) is 9.90 Å². The van der Waals surface area contributed by atoms with Crippen LogP contribution in [0.1, 0.15) is 34.2 Å².